The number of hydrogen-bond acceptors (Lipinski definition) is 1. The van der Waals surface area contributed by atoms with Crippen molar-refractivity contribution in [2.45, 2.75) is 25.3 Å². The summed E-state index contributed by atoms with van der Waals surface area (Å²) < 4.78 is 1.78. The highest BCUT2D eigenvalue weighted by Crippen LogP contribution is 2.35. The summed E-state index contributed by atoms with van der Waals surface area (Å²) in [4.78, 5) is 11.9. The Morgan fingerprint density at radius 2 is 2.07 bits per heavy atom. The second-order valence-corrected chi connectivity index (χ2v) is 5.91. The van der Waals surface area contributed by atoms with Gasteiger partial charge in [-0.2, -0.15) is 0 Å². The molecule has 0 saturated heterocycles. The van der Waals surface area contributed by atoms with Crippen LogP contribution in [0.1, 0.15) is 30.1 Å². The fraction of sp³-hybridized carbons (Fsp3) is 0.364. The van der Waals surface area contributed by atoms with Crippen LogP contribution in [0.5, 0.6) is 0 Å². The number of carbonyl (C=O) groups excluding carboxylic acids is 1. The molecule has 0 bridgehead atoms. The van der Waals surface area contributed by atoms with Gasteiger partial charge in [-0.25, -0.2) is 0 Å². The Morgan fingerprint density at radius 1 is 1.40 bits per heavy atom. The maximum Gasteiger partial charge on any atom is 0.252 e. The third kappa shape index (κ3) is 2.61. The van der Waals surface area contributed by atoms with E-state index in [1.807, 2.05) is 18.2 Å². The second-order valence-electron chi connectivity index (χ2n) is 4.14. The van der Waals surface area contributed by atoms with E-state index in [1.54, 1.807) is 0 Å². The lowest BCUT2D eigenvalue weighted by Crippen LogP contribution is -2.34. The van der Waals surface area contributed by atoms with Gasteiger partial charge in [-0.3, -0.25) is 4.79 Å². The van der Waals surface area contributed by atoms with E-state index >= 15 is 0 Å². The minimum Gasteiger partial charge on any atom is -0.347 e. The Bertz CT molecular complexity index is 413. The van der Waals surface area contributed by atoms with Gasteiger partial charge >= 0.3 is 0 Å². The largest absolute Gasteiger partial charge is 0.347 e. The van der Waals surface area contributed by atoms with Crippen molar-refractivity contribution in [1.29, 1.82) is 0 Å². The van der Waals surface area contributed by atoms with Gasteiger partial charge in [-0.1, -0.05) is 15.9 Å². The number of carbonyl (C=O) groups is 1. The minimum absolute atomic E-state index is 0.00521. The third-order valence-electron chi connectivity index (χ3n) is 2.59. The molecule has 1 aromatic rings. The molecule has 0 unspecified atom stereocenters. The lowest BCUT2D eigenvalue weighted by molar-refractivity contribution is 0.0934. The van der Waals surface area contributed by atoms with Gasteiger partial charge in [-0.05, 0) is 53.9 Å². The van der Waals surface area contributed by atoms with Gasteiger partial charge in [0, 0.05) is 14.5 Å². The van der Waals surface area contributed by atoms with Crippen LogP contribution in [-0.4, -0.2) is 11.4 Å². The maximum absolute atomic E-state index is 11.9. The number of amides is 1. The smallest absolute Gasteiger partial charge is 0.252 e. The summed E-state index contributed by atoms with van der Waals surface area (Å²) in [6, 6.07) is 5.56. The first kappa shape index (κ1) is 11.1. The molecule has 2 rings (SSSR count). The molecule has 0 spiro atoms. The van der Waals surface area contributed by atoms with Crippen molar-refractivity contribution in [1.82, 2.24) is 5.32 Å². The molecular weight excluding hydrogens is 322 g/mol. The molecule has 2 nitrogen and oxygen atoms in total. The Kier molecular flexibility index (Phi) is 2.90. The average Bonchev–Trinajstić information content (AvgIpc) is 2.82. The first-order valence-electron chi connectivity index (χ1n) is 4.78. The number of rotatable bonds is 2. The van der Waals surface area contributed by atoms with E-state index in [-0.39, 0.29) is 11.4 Å². The van der Waals surface area contributed by atoms with Crippen LogP contribution >= 0.6 is 31.9 Å². The summed E-state index contributed by atoms with van der Waals surface area (Å²) in [7, 11) is 0. The fourth-order valence-corrected chi connectivity index (χ4v) is 2.55. The molecule has 1 saturated carbocycles. The molecule has 1 aliphatic rings. The molecule has 1 fully saturated rings. The molecule has 0 heterocycles. The highest BCUT2D eigenvalue weighted by Gasteiger charge is 2.38. The van der Waals surface area contributed by atoms with Crippen LogP contribution in [0.2, 0.25) is 0 Å². The fourth-order valence-electron chi connectivity index (χ4n) is 1.33. The van der Waals surface area contributed by atoms with Crippen molar-refractivity contribution < 1.29 is 4.79 Å². The third-order valence-corrected chi connectivity index (χ3v) is 3.74. The Hall–Kier alpha value is -0.350. The van der Waals surface area contributed by atoms with Gasteiger partial charge < -0.3 is 5.32 Å². The zero-order chi connectivity index (χ0) is 11.1. The Balaban J connectivity index is 2.18. The van der Waals surface area contributed by atoms with E-state index in [0.717, 1.165) is 21.8 Å². The van der Waals surface area contributed by atoms with Crippen LogP contribution in [0.4, 0.5) is 0 Å². The summed E-state index contributed by atoms with van der Waals surface area (Å²) in [6.07, 6.45) is 2.15. The number of benzene rings is 1. The van der Waals surface area contributed by atoms with E-state index in [4.69, 9.17) is 0 Å². The molecule has 0 aliphatic heterocycles. The van der Waals surface area contributed by atoms with Gasteiger partial charge in [0.2, 0.25) is 0 Å². The zero-order valence-corrected chi connectivity index (χ0v) is 11.5. The molecule has 15 heavy (non-hydrogen) atoms. The van der Waals surface area contributed by atoms with E-state index < -0.39 is 0 Å². The minimum atomic E-state index is -0.00521. The normalized spacial score (nSPS) is 17.3. The molecule has 1 N–H and O–H groups in total. The van der Waals surface area contributed by atoms with Crippen molar-refractivity contribution in [2.75, 3.05) is 0 Å². The second kappa shape index (κ2) is 3.91. The molecule has 0 atom stereocenters. The molecule has 0 aromatic heterocycles. The molecule has 1 amide bonds. The molecule has 0 radical (unpaired) electrons. The summed E-state index contributed by atoms with van der Waals surface area (Å²) in [6.45, 7) is 2.07. The van der Waals surface area contributed by atoms with Crippen molar-refractivity contribution in [3.63, 3.8) is 0 Å². The van der Waals surface area contributed by atoms with Crippen LogP contribution in [-0.2, 0) is 0 Å². The van der Waals surface area contributed by atoms with Crippen molar-refractivity contribution in [3.8, 4) is 0 Å². The van der Waals surface area contributed by atoms with E-state index in [2.05, 4.69) is 44.1 Å². The number of halogens is 2. The lowest BCUT2D eigenvalue weighted by atomic mass is 10.2. The monoisotopic (exact) mass is 331 g/mol. The summed E-state index contributed by atoms with van der Waals surface area (Å²) in [5.41, 5.74) is 0.718. The number of nitrogens with one attached hydrogen (secondary N) is 1. The molecule has 80 valence electrons. The zero-order valence-electron chi connectivity index (χ0n) is 8.31. The van der Waals surface area contributed by atoms with E-state index in [9.17, 15) is 4.79 Å². The first-order valence-corrected chi connectivity index (χ1v) is 6.36. The predicted molar refractivity (Wildman–Crippen MR) is 66.9 cm³/mol. The van der Waals surface area contributed by atoms with Gasteiger partial charge in [0.05, 0.1) is 5.56 Å². The SMILES string of the molecule is CC1(NC(=O)c2ccc(Br)cc2Br)CC1. The number of hydrogen-bond donors (Lipinski definition) is 1. The van der Waals surface area contributed by atoms with Crippen LogP contribution in [0.25, 0.3) is 0 Å². The van der Waals surface area contributed by atoms with Crippen molar-refractivity contribution >= 4 is 37.8 Å². The topological polar surface area (TPSA) is 29.1 Å². The first-order chi connectivity index (χ1) is 7.00. The van der Waals surface area contributed by atoms with E-state index in [0.29, 0.717) is 5.56 Å². The van der Waals surface area contributed by atoms with Gasteiger partial charge in [0.1, 0.15) is 0 Å². The summed E-state index contributed by atoms with van der Waals surface area (Å²) in [5.74, 6) is -0.00521. The van der Waals surface area contributed by atoms with Crippen molar-refractivity contribution in [2.24, 2.45) is 0 Å². The van der Waals surface area contributed by atoms with Crippen LogP contribution in [0.15, 0.2) is 27.1 Å². The molecule has 1 aromatic carbocycles. The van der Waals surface area contributed by atoms with Crippen LogP contribution < -0.4 is 5.32 Å². The highest BCUT2D eigenvalue weighted by atomic mass is 79.9. The van der Waals surface area contributed by atoms with E-state index in [1.165, 1.54) is 0 Å². The van der Waals surface area contributed by atoms with Gasteiger partial charge in [0.15, 0.2) is 0 Å². The molecular formula is C11H11Br2NO. The van der Waals surface area contributed by atoms with Gasteiger partial charge in [-0.15, -0.1) is 0 Å². The summed E-state index contributed by atoms with van der Waals surface area (Å²) >= 11 is 6.74. The van der Waals surface area contributed by atoms with Crippen molar-refractivity contribution in [3.05, 3.63) is 32.7 Å². The van der Waals surface area contributed by atoms with Gasteiger partial charge in [0.25, 0.3) is 5.91 Å². The quantitative estimate of drug-likeness (QED) is 0.882. The Labute approximate surface area is 106 Å². The Morgan fingerprint density at radius 3 is 2.60 bits per heavy atom. The summed E-state index contributed by atoms with van der Waals surface area (Å²) in [5, 5.41) is 3.02. The molecule has 4 heteroatoms. The predicted octanol–water partition coefficient (Wildman–Crippen LogP) is 3.49. The highest BCUT2D eigenvalue weighted by molar-refractivity contribution is 9.11. The van der Waals surface area contributed by atoms with Crippen LogP contribution in [0, 0.1) is 0 Å². The maximum atomic E-state index is 11.9. The van der Waals surface area contributed by atoms with Crippen LogP contribution in [0.3, 0.4) is 0 Å². The molecule has 1 aliphatic carbocycles. The standard InChI is InChI=1S/C11H11Br2NO/c1-11(4-5-11)14-10(15)8-3-2-7(12)6-9(8)13/h2-3,6H,4-5H2,1H3,(H,14,15). The lowest BCUT2D eigenvalue weighted by Gasteiger charge is -2.12. The average molecular weight is 333 g/mol.